The molecule has 4 nitrogen and oxygen atoms in total. The van der Waals surface area contributed by atoms with Gasteiger partial charge in [0.1, 0.15) is 0 Å². The summed E-state index contributed by atoms with van der Waals surface area (Å²) in [5.74, 6) is -0.577. The topological polar surface area (TPSA) is 63.2 Å². The molecule has 1 rings (SSSR count). The van der Waals surface area contributed by atoms with Gasteiger partial charge in [-0.3, -0.25) is 9.52 Å². The normalized spacial score (nSPS) is 19.0. The minimum absolute atomic E-state index is 0.214. The SMILES string of the molecule is CCCC(C)C(=O)NS(=O)(=O)C1CC1. The van der Waals surface area contributed by atoms with E-state index in [0.29, 0.717) is 12.8 Å². The lowest BCUT2D eigenvalue weighted by Crippen LogP contribution is -2.36. The van der Waals surface area contributed by atoms with Crippen LogP contribution in [0.4, 0.5) is 0 Å². The molecular formula is C9H17NO3S. The highest BCUT2D eigenvalue weighted by Crippen LogP contribution is 2.27. The molecule has 14 heavy (non-hydrogen) atoms. The van der Waals surface area contributed by atoms with Crippen molar-refractivity contribution in [3.63, 3.8) is 0 Å². The summed E-state index contributed by atoms with van der Waals surface area (Å²) in [4.78, 5) is 11.4. The zero-order valence-corrected chi connectivity index (χ0v) is 9.43. The smallest absolute Gasteiger partial charge is 0.237 e. The zero-order chi connectivity index (χ0) is 10.8. The first-order valence-corrected chi connectivity index (χ1v) is 6.57. The van der Waals surface area contributed by atoms with E-state index in [2.05, 4.69) is 4.72 Å². The number of rotatable bonds is 5. The van der Waals surface area contributed by atoms with Crippen LogP contribution in [0.2, 0.25) is 0 Å². The van der Waals surface area contributed by atoms with Gasteiger partial charge in [-0.25, -0.2) is 8.42 Å². The van der Waals surface area contributed by atoms with Gasteiger partial charge in [0.15, 0.2) is 0 Å². The van der Waals surface area contributed by atoms with Gasteiger partial charge in [0.2, 0.25) is 15.9 Å². The Morgan fingerprint density at radius 3 is 2.50 bits per heavy atom. The van der Waals surface area contributed by atoms with Gasteiger partial charge < -0.3 is 0 Å². The van der Waals surface area contributed by atoms with E-state index in [0.717, 1.165) is 12.8 Å². The van der Waals surface area contributed by atoms with Crippen molar-refractivity contribution in [3.8, 4) is 0 Å². The fourth-order valence-electron chi connectivity index (χ4n) is 1.27. The first-order chi connectivity index (χ1) is 6.47. The fraction of sp³-hybridized carbons (Fsp3) is 0.889. The maximum atomic E-state index is 11.4. The molecule has 0 heterocycles. The van der Waals surface area contributed by atoms with Crippen molar-refractivity contribution in [3.05, 3.63) is 0 Å². The number of nitrogens with one attached hydrogen (secondary N) is 1. The summed E-state index contributed by atoms with van der Waals surface area (Å²) in [6.45, 7) is 3.72. The van der Waals surface area contributed by atoms with Gasteiger partial charge in [-0.2, -0.15) is 0 Å². The summed E-state index contributed by atoms with van der Waals surface area (Å²) in [5.41, 5.74) is 0. The Labute approximate surface area is 85.1 Å². The molecule has 0 aromatic carbocycles. The highest BCUT2D eigenvalue weighted by molar-refractivity contribution is 7.90. The first-order valence-electron chi connectivity index (χ1n) is 5.03. The van der Waals surface area contributed by atoms with Gasteiger partial charge >= 0.3 is 0 Å². The van der Waals surface area contributed by atoms with Gasteiger partial charge in [0.05, 0.1) is 5.25 Å². The molecule has 0 aliphatic heterocycles. The lowest BCUT2D eigenvalue weighted by Gasteiger charge is -2.10. The minimum atomic E-state index is -3.35. The molecule has 1 amide bonds. The van der Waals surface area contributed by atoms with E-state index >= 15 is 0 Å². The monoisotopic (exact) mass is 219 g/mol. The van der Waals surface area contributed by atoms with Crippen LogP contribution in [0.1, 0.15) is 39.5 Å². The van der Waals surface area contributed by atoms with E-state index in [4.69, 9.17) is 0 Å². The van der Waals surface area contributed by atoms with Crippen molar-refractivity contribution < 1.29 is 13.2 Å². The highest BCUT2D eigenvalue weighted by atomic mass is 32.2. The van der Waals surface area contributed by atoms with E-state index in [1.807, 2.05) is 6.92 Å². The van der Waals surface area contributed by atoms with Crippen molar-refractivity contribution in [1.82, 2.24) is 4.72 Å². The summed E-state index contributed by atoms with van der Waals surface area (Å²) in [7, 11) is -3.35. The Morgan fingerprint density at radius 1 is 1.50 bits per heavy atom. The Balaban J connectivity index is 2.47. The summed E-state index contributed by atoms with van der Waals surface area (Å²) < 4.78 is 24.9. The third-order valence-corrected chi connectivity index (χ3v) is 4.21. The van der Waals surface area contributed by atoms with Gasteiger partial charge in [-0.05, 0) is 19.3 Å². The molecule has 1 atom stereocenters. The van der Waals surface area contributed by atoms with Gasteiger partial charge in [0.25, 0.3) is 0 Å². The zero-order valence-electron chi connectivity index (χ0n) is 8.62. The van der Waals surface area contributed by atoms with Gasteiger partial charge in [0, 0.05) is 5.92 Å². The lowest BCUT2D eigenvalue weighted by atomic mass is 10.1. The quantitative estimate of drug-likeness (QED) is 0.751. The van der Waals surface area contributed by atoms with Crippen LogP contribution in [0.15, 0.2) is 0 Å². The highest BCUT2D eigenvalue weighted by Gasteiger charge is 2.37. The summed E-state index contributed by atoms with van der Waals surface area (Å²) in [6, 6.07) is 0. The molecule has 0 radical (unpaired) electrons. The summed E-state index contributed by atoms with van der Waals surface area (Å²) >= 11 is 0. The van der Waals surface area contributed by atoms with Crippen molar-refractivity contribution in [1.29, 1.82) is 0 Å². The van der Waals surface area contributed by atoms with Crippen molar-refractivity contribution in [2.45, 2.75) is 44.8 Å². The molecule has 5 heteroatoms. The molecule has 1 aliphatic rings. The molecule has 0 saturated heterocycles. The van der Waals surface area contributed by atoms with E-state index in [1.54, 1.807) is 6.92 Å². The van der Waals surface area contributed by atoms with Crippen molar-refractivity contribution in [2.24, 2.45) is 5.92 Å². The average Bonchev–Trinajstić information content (AvgIpc) is 2.85. The molecule has 1 N–H and O–H groups in total. The molecule has 0 bridgehead atoms. The van der Waals surface area contributed by atoms with Crippen LogP contribution in [-0.2, 0) is 14.8 Å². The second kappa shape index (κ2) is 4.29. The van der Waals surface area contributed by atoms with Crippen LogP contribution in [0.5, 0.6) is 0 Å². The minimum Gasteiger partial charge on any atom is -0.274 e. The fourth-order valence-corrected chi connectivity index (χ4v) is 2.67. The second-order valence-corrected chi connectivity index (χ2v) is 5.86. The molecule has 0 aromatic heterocycles. The van der Waals surface area contributed by atoms with E-state index in [-0.39, 0.29) is 17.1 Å². The number of amides is 1. The Bertz CT molecular complexity index is 306. The van der Waals surface area contributed by atoms with Crippen LogP contribution in [0, 0.1) is 5.92 Å². The Kier molecular flexibility index (Phi) is 3.53. The molecule has 82 valence electrons. The van der Waals surface area contributed by atoms with Crippen LogP contribution < -0.4 is 4.72 Å². The van der Waals surface area contributed by atoms with Crippen LogP contribution in [-0.4, -0.2) is 19.6 Å². The first kappa shape index (κ1) is 11.5. The number of hydrogen-bond acceptors (Lipinski definition) is 3. The third-order valence-electron chi connectivity index (χ3n) is 2.38. The second-order valence-electron chi connectivity index (χ2n) is 3.90. The molecule has 0 aromatic rings. The van der Waals surface area contributed by atoms with Gasteiger partial charge in [-0.1, -0.05) is 20.3 Å². The van der Waals surface area contributed by atoms with Crippen LogP contribution in [0.25, 0.3) is 0 Å². The van der Waals surface area contributed by atoms with Crippen molar-refractivity contribution >= 4 is 15.9 Å². The molecular weight excluding hydrogens is 202 g/mol. The maximum Gasteiger partial charge on any atom is 0.237 e. The predicted octanol–water partition coefficient (Wildman–Crippen LogP) is 1.03. The summed E-state index contributed by atoms with van der Waals surface area (Å²) in [6.07, 6.45) is 2.99. The standard InChI is InChI=1S/C9H17NO3S/c1-3-4-7(2)9(11)10-14(12,13)8-5-6-8/h7-8H,3-6H2,1-2H3,(H,10,11). The molecule has 0 spiro atoms. The third kappa shape index (κ3) is 2.97. The van der Waals surface area contributed by atoms with Crippen molar-refractivity contribution in [2.75, 3.05) is 0 Å². The Hall–Kier alpha value is -0.580. The van der Waals surface area contributed by atoms with Crippen LogP contribution >= 0.6 is 0 Å². The lowest BCUT2D eigenvalue weighted by molar-refractivity contribution is -0.122. The molecule has 1 saturated carbocycles. The number of carbonyl (C=O) groups excluding carboxylic acids is 1. The van der Waals surface area contributed by atoms with E-state index < -0.39 is 10.0 Å². The largest absolute Gasteiger partial charge is 0.274 e. The van der Waals surface area contributed by atoms with Crippen LogP contribution in [0.3, 0.4) is 0 Å². The maximum absolute atomic E-state index is 11.4. The van der Waals surface area contributed by atoms with E-state index in [9.17, 15) is 13.2 Å². The summed E-state index contributed by atoms with van der Waals surface area (Å²) in [5, 5.41) is -0.319. The molecule has 1 aliphatic carbocycles. The molecule has 1 fully saturated rings. The number of carbonyl (C=O) groups is 1. The predicted molar refractivity (Wildman–Crippen MR) is 54.2 cm³/mol. The number of hydrogen-bond donors (Lipinski definition) is 1. The van der Waals surface area contributed by atoms with E-state index in [1.165, 1.54) is 0 Å². The Morgan fingerprint density at radius 2 is 2.07 bits per heavy atom. The average molecular weight is 219 g/mol. The molecule has 1 unspecified atom stereocenters. The van der Waals surface area contributed by atoms with Gasteiger partial charge in [-0.15, -0.1) is 0 Å². The number of sulfonamides is 1.